The molecule has 0 radical (unpaired) electrons. The number of azide groups is 1. The van der Waals surface area contributed by atoms with E-state index in [9.17, 15) is 32.2 Å². The van der Waals surface area contributed by atoms with Gasteiger partial charge in [-0.05, 0) is 169 Å². The molecule has 0 bridgehead atoms. The molecule has 0 saturated carbocycles. The Hall–Kier alpha value is -15.5. The van der Waals surface area contributed by atoms with Gasteiger partial charge >= 0.3 is 0 Å². The highest BCUT2D eigenvalue weighted by Gasteiger charge is 2.41. The standard InChI is InChI=1S/C22H19FN8O.2C13H7FN4.C11H6ClFN4.C11H22Si.C9H12N4O.C7H3BrFN.C4H3Cl2N3.C2H6/c1-22(2,32)19-8-4-6-14(26-19)11-31-12-18(29-30-31)17-9-16(27-21(25)28-17)15-7-3-5-13(10-24)20(15)23;2*1-2-9-6-11(18-13(16)17-9)10-5-3-4-8(7-15)12(10)14;12-9-4-8(16-11(15)17-9)7-3-1-2-6(5-14)10(7)13;1-8-12(9(2)3,10(4)5)11(6)7;1-9(2,14)8-5-3-4-7(12-8)6-11-13-10;8-6-3-1-2-5(4-10)7(6)9;5-2-1-3(6)9-4(7)8-2;1-2/h3-9,12,32H,11H2,1-2H3,(H2,25,27,28);2*1,3-6H,(H2,16,17,18);1-4H,(H2,15,16,17);1,9-11H,2-7H3;3-5,14H,6H2,1-2H3;1-3H;1H,(H2,7,8,9);1-2H3. The lowest BCUT2D eigenvalue weighted by Crippen LogP contribution is -2.43. The summed E-state index contributed by atoms with van der Waals surface area (Å²) < 4.78 is 71.0. The Labute approximate surface area is 783 Å². The van der Waals surface area contributed by atoms with Crippen LogP contribution in [0.15, 0.2) is 174 Å². The molecule has 0 saturated heterocycles. The van der Waals surface area contributed by atoms with Crippen molar-refractivity contribution in [3.8, 4) is 123 Å². The van der Waals surface area contributed by atoms with Gasteiger partial charge in [0.05, 0.1) is 97.1 Å². The topological polar surface area (TPSA) is 524 Å². The minimum absolute atomic E-state index is 0.0396. The van der Waals surface area contributed by atoms with Crippen LogP contribution in [0.4, 0.5) is 51.7 Å². The predicted octanol–water partition coefficient (Wildman–Crippen LogP) is 19.3. The number of anilines is 5. The Kier molecular flexibility index (Phi) is 41.3. The minimum atomic E-state index is -1.47. The van der Waals surface area contributed by atoms with E-state index in [4.69, 9.17) is 115 Å². The highest BCUT2D eigenvalue weighted by atomic mass is 79.9. The average Bonchev–Trinajstić information content (AvgIpc) is 1.40. The van der Waals surface area contributed by atoms with Gasteiger partial charge in [-0.2, -0.15) is 26.3 Å². The maximum atomic E-state index is 14.6. The second-order valence-electron chi connectivity index (χ2n) is 28.8. The fraction of sp³-hybridized carbons (Fsp3) is 0.207. The summed E-state index contributed by atoms with van der Waals surface area (Å²) in [4.78, 5) is 49.7. The van der Waals surface area contributed by atoms with E-state index >= 15 is 0 Å². The molecule has 0 atom stereocenters. The van der Waals surface area contributed by atoms with E-state index in [2.05, 4.69) is 155 Å². The molecule has 132 heavy (non-hydrogen) atoms. The number of halogens is 9. The van der Waals surface area contributed by atoms with Crippen LogP contribution in [0, 0.1) is 122 Å². The molecule has 672 valence electrons. The van der Waals surface area contributed by atoms with Crippen LogP contribution in [0.2, 0.25) is 32.1 Å². The van der Waals surface area contributed by atoms with Gasteiger partial charge in [0, 0.05) is 45.0 Å². The number of nitrogen functional groups attached to an aromatic ring is 5. The number of hydrogen-bond acceptors (Lipinski definition) is 27. The van der Waals surface area contributed by atoms with E-state index < -0.39 is 48.4 Å². The predicted molar refractivity (Wildman–Crippen MR) is 504 cm³/mol. The zero-order valence-electron chi connectivity index (χ0n) is 72.9. The fourth-order valence-corrected chi connectivity index (χ4v) is 18.0. The third-order valence-corrected chi connectivity index (χ3v) is 25.4. The van der Waals surface area contributed by atoms with E-state index in [0.717, 1.165) is 0 Å². The first-order valence-electron chi connectivity index (χ1n) is 39.0. The number of nitrogens with two attached hydrogens (primary N) is 5. The Morgan fingerprint density at radius 3 is 1.10 bits per heavy atom. The number of nitriles is 5. The van der Waals surface area contributed by atoms with E-state index in [1.54, 1.807) is 124 Å². The second-order valence-corrected chi connectivity index (χ2v) is 36.4. The number of aromatic nitrogens is 15. The molecule has 13 rings (SSSR count). The van der Waals surface area contributed by atoms with Crippen molar-refractivity contribution in [1.82, 2.24) is 74.8 Å². The maximum absolute atomic E-state index is 14.6. The lowest BCUT2D eigenvalue weighted by atomic mass is 10.0. The zero-order valence-corrected chi connectivity index (χ0v) is 77.8. The smallest absolute Gasteiger partial charge is 0.222 e. The number of benzene rings is 5. The second kappa shape index (κ2) is 50.9. The van der Waals surface area contributed by atoms with Gasteiger partial charge in [-0.3, -0.25) is 9.97 Å². The summed E-state index contributed by atoms with van der Waals surface area (Å²) in [5.74, 6) is 1.39. The van der Waals surface area contributed by atoms with Crippen LogP contribution in [0.25, 0.3) is 66.9 Å². The first kappa shape index (κ1) is 107. The van der Waals surface area contributed by atoms with Gasteiger partial charge in [0.15, 0.2) is 5.82 Å². The molecule has 40 heteroatoms. The van der Waals surface area contributed by atoms with Crippen molar-refractivity contribution in [2.45, 2.75) is 124 Å². The first-order valence-corrected chi connectivity index (χ1v) is 43.2. The molecule has 0 aliphatic heterocycles. The number of hydrogen-bond donors (Lipinski definition) is 7. The monoisotopic (exact) mass is 1920 g/mol. The van der Waals surface area contributed by atoms with Crippen LogP contribution in [0.5, 0.6) is 0 Å². The van der Waals surface area contributed by atoms with Gasteiger partial charge in [0.1, 0.15) is 105 Å². The summed E-state index contributed by atoms with van der Waals surface area (Å²) in [6, 6.07) is 49.1. The molecule has 30 nitrogen and oxygen atoms in total. The van der Waals surface area contributed by atoms with Crippen LogP contribution in [0.1, 0.15) is 145 Å². The van der Waals surface area contributed by atoms with Gasteiger partial charge in [-0.25, -0.2) is 76.5 Å². The fourth-order valence-electron chi connectivity index (χ4n) is 12.0. The molecule has 13 aromatic rings. The summed E-state index contributed by atoms with van der Waals surface area (Å²) in [5, 5.41) is 75.8. The van der Waals surface area contributed by atoms with E-state index in [1.807, 2.05) is 32.0 Å². The highest BCUT2D eigenvalue weighted by Crippen LogP contribution is 2.41. The van der Waals surface area contributed by atoms with Gasteiger partial charge in [-0.1, -0.05) is 155 Å². The molecule has 0 amide bonds. The van der Waals surface area contributed by atoms with Crippen molar-refractivity contribution >= 4 is 88.5 Å². The van der Waals surface area contributed by atoms with Gasteiger partial charge in [0.25, 0.3) is 0 Å². The van der Waals surface area contributed by atoms with E-state index in [0.29, 0.717) is 61.8 Å². The molecule has 8 aromatic heterocycles. The van der Waals surface area contributed by atoms with Gasteiger partial charge in [-0.15, -0.1) is 29.9 Å². The Morgan fingerprint density at radius 2 is 0.765 bits per heavy atom. The Balaban J connectivity index is 0.000000275. The van der Waals surface area contributed by atoms with Crippen molar-refractivity contribution in [3.63, 3.8) is 0 Å². The van der Waals surface area contributed by atoms with Crippen molar-refractivity contribution in [3.05, 3.63) is 285 Å². The first-order chi connectivity index (χ1) is 62.5. The third kappa shape index (κ3) is 30.9. The molecule has 12 N–H and O–H groups in total. The van der Waals surface area contributed by atoms with Crippen LogP contribution in [0.3, 0.4) is 0 Å². The summed E-state index contributed by atoms with van der Waals surface area (Å²) in [6.07, 6.45) is 17.8. The quantitative estimate of drug-likeness (QED) is 0.0101. The molecule has 0 aliphatic carbocycles. The van der Waals surface area contributed by atoms with Crippen molar-refractivity contribution in [2.24, 2.45) is 5.11 Å². The van der Waals surface area contributed by atoms with Crippen molar-refractivity contribution in [2.75, 3.05) is 28.7 Å². The van der Waals surface area contributed by atoms with Gasteiger partial charge in [0.2, 0.25) is 29.7 Å². The van der Waals surface area contributed by atoms with Crippen LogP contribution >= 0.6 is 50.7 Å². The number of terminal acetylenes is 3. The molecule has 0 fully saturated rings. The lowest BCUT2D eigenvalue weighted by Gasteiger charge is -2.37. The largest absolute Gasteiger partial charge is 0.384 e. The van der Waals surface area contributed by atoms with Crippen molar-refractivity contribution < 1.29 is 32.2 Å². The molecular formula is C92H85BrCl3F5N28O2Si. The molecule has 8 heterocycles. The average molecular weight is 1920 g/mol. The third-order valence-electron chi connectivity index (χ3n) is 18.0. The highest BCUT2D eigenvalue weighted by molar-refractivity contribution is 9.10. The molecular weight excluding hydrogens is 1840 g/mol. The van der Waals surface area contributed by atoms with Crippen LogP contribution in [-0.2, 0) is 24.3 Å². The molecule has 0 unspecified atom stereocenters. The zero-order chi connectivity index (χ0) is 98.5. The number of aliphatic hydroxyl groups is 2. The molecule has 5 aromatic carbocycles. The van der Waals surface area contributed by atoms with Gasteiger partial charge < -0.3 is 38.9 Å². The Morgan fingerprint density at radius 1 is 0.447 bits per heavy atom. The maximum Gasteiger partial charge on any atom is 0.222 e. The summed E-state index contributed by atoms with van der Waals surface area (Å²) in [7, 11) is -1.47. The summed E-state index contributed by atoms with van der Waals surface area (Å²) >= 11 is 19.5. The summed E-state index contributed by atoms with van der Waals surface area (Å²) in [5.41, 5.74) is 44.0. The lowest BCUT2D eigenvalue weighted by molar-refractivity contribution is 0.0731. The van der Waals surface area contributed by atoms with Crippen LogP contribution < -0.4 is 28.7 Å². The van der Waals surface area contributed by atoms with Crippen LogP contribution in [-0.4, -0.2) is 93.1 Å². The molecule has 0 spiro atoms. The van der Waals surface area contributed by atoms with Crippen molar-refractivity contribution in [1.29, 1.82) is 26.3 Å². The number of pyridine rings is 2. The number of nitrogens with zero attached hydrogens (tertiary/aromatic N) is 23. The number of rotatable bonds is 14. The van der Waals surface area contributed by atoms with E-state index in [-0.39, 0.29) is 136 Å². The normalized spacial score (nSPS) is 10.3. The minimum Gasteiger partial charge on any atom is -0.384 e. The Bertz CT molecular complexity index is 6440. The van der Waals surface area contributed by atoms with E-state index in [1.165, 1.54) is 84.9 Å². The molecule has 0 aliphatic rings. The summed E-state index contributed by atoms with van der Waals surface area (Å²) in [6.45, 7) is 24.9. The SMILES string of the molecule is C#C[Si](C(C)C)(C(C)C)C(C)C.C#Cc1cc(-c2cccc(C#N)c2F)nc(N)n1.C#Cc1cc(-c2cccc(C#N)c2F)nc(N)n1.CC.CC(C)(O)c1cccc(CN=[N+]=[N-])n1.CC(C)(O)c1cccc(Cn2cc(-c3cc(-c4cccc(C#N)c4F)nc(N)n3)nn2)n1.N#Cc1cccc(-c2cc(Cl)nc(N)n2)c1F.N#Cc1cccc(Br)c1F.Nc1nc(Cl)cc(Cl)n1.